The van der Waals surface area contributed by atoms with Gasteiger partial charge in [0.25, 0.3) is 0 Å². The van der Waals surface area contributed by atoms with Gasteiger partial charge in [0, 0.05) is 43.9 Å². The summed E-state index contributed by atoms with van der Waals surface area (Å²) in [5.74, 6) is 0. The Kier molecular flexibility index (Phi) is 3.65. The zero-order valence-electron chi connectivity index (χ0n) is 10.1. The van der Waals surface area contributed by atoms with Crippen LogP contribution in [0.2, 0.25) is 0 Å². The van der Waals surface area contributed by atoms with Crippen LogP contribution in [0.25, 0.3) is 0 Å². The van der Waals surface area contributed by atoms with Gasteiger partial charge in [0.2, 0.25) is 0 Å². The molecule has 0 spiro atoms. The molecule has 90 valence electrons. The van der Waals surface area contributed by atoms with Crippen molar-refractivity contribution in [2.24, 2.45) is 0 Å². The van der Waals surface area contributed by atoms with Gasteiger partial charge in [-0.25, -0.2) is 4.98 Å². The highest BCUT2D eigenvalue weighted by molar-refractivity contribution is 5.52. The SMILES string of the molecule is CN(CCCn1ccnc1)c1ccc(N)cc1. The molecule has 1 heterocycles. The number of anilines is 2. The van der Waals surface area contributed by atoms with E-state index in [1.54, 1.807) is 0 Å². The molecule has 0 aliphatic heterocycles. The molecular formula is C13H18N4. The summed E-state index contributed by atoms with van der Waals surface area (Å²) in [6, 6.07) is 7.96. The normalized spacial score (nSPS) is 10.4. The monoisotopic (exact) mass is 230 g/mol. The van der Waals surface area contributed by atoms with Crippen LogP contribution in [0.5, 0.6) is 0 Å². The Morgan fingerprint density at radius 3 is 2.71 bits per heavy atom. The number of aryl methyl sites for hydroxylation is 1. The van der Waals surface area contributed by atoms with Gasteiger partial charge >= 0.3 is 0 Å². The van der Waals surface area contributed by atoms with E-state index in [0.717, 1.165) is 25.2 Å². The van der Waals surface area contributed by atoms with Crippen LogP contribution in [0.3, 0.4) is 0 Å². The lowest BCUT2D eigenvalue weighted by Crippen LogP contribution is -2.19. The van der Waals surface area contributed by atoms with Crippen LogP contribution in [0.15, 0.2) is 43.0 Å². The maximum atomic E-state index is 5.66. The predicted molar refractivity (Wildman–Crippen MR) is 71.0 cm³/mol. The summed E-state index contributed by atoms with van der Waals surface area (Å²) in [4.78, 5) is 6.26. The molecular weight excluding hydrogens is 212 g/mol. The smallest absolute Gasteiger partial charge is 0.0945 e. The molecule has 0 aliphatic rings. The minimum absolute atomic E-state index is 0.806. The number of nitrogen functional groups attached to an aromatic ring is 1. The number of benzene rings is 1. The van der Waals surface area contributed by atoms with Gasteiger partial charge in [0.15, 0.2) is 0 Å². The van der Waals surface area contributed by atoms with Crippen LogP contribution in [0, 0.1) is 0 Å². The number of nitrogens with zero attached hydrogens (tertiary/aromatic N) is 3. The number of hydrogen-bond donors (Lipinski definition) is 1. The van der Waals surface area contributed by atoms with E-state index in [9.17, 15) is 0 Å². The lowest BCUT2D eigenvalue weighted by atomic mass is 10.2. The second-order valence-electron chi connectivity index (χ2n) is 4.17. The zero-order chi connectivity index (χ0) is 12.1. The first-order valence-electron chi connectivity index (χ1n) is 5.78. The van der Waals surface area contributed by atoms with Crippen molar-refractivity contribution < 1.29 is 0 Å². The number of nitrogens with two attached hydrogens (primary N) is 1. The second-order valence-corrected chi connectivity index (χ2v) is 4.17. The van der Waals surface area contributed by atoms with Gasteiger partial charge in [-0.15, -0.1) is 0 Å². The summed E-state index contributed by atoms with van der Waals surface area (Å²) in [6.07, 6.45) is 6.74. The van der Waals surface area contributed by atoms with Gasteiger partial charge in [-0.1, -0.05) is 0 Å². The van der Waals surface area contributed by atoms with Crippen molar-refractivity contribution >= 4 is 11.4 Å². The average Bonchev–Trinajstić information content (AvgIpc) is 2.83. The summed E-state index contributed by atoms with van der Waals surface area (Å²) < 4.78 is 2.09. The zero-order valence-corrected chi connectivity index (χ0v) is 10.1. The Hall–Kier alpha value is -1.97. The quantitative estimate of drug-likeness (QED) is 0.799. The molecule has 2 aromatic rings. The van der Waals surface area contributed by atoms with Crippen LogP contribution in [-0.4, -0.2) is 23.1 Å². The number of hydrogen-bond acceptors (Lipinski definition) is 3. The minimum atomic E-state index is 0.806. The van der Waals surface area contributed by atoms with Crippen LogP contribution in [0.4, 0.5) is 11.4 Å². The van der Waals surface area contributed by atoms with E-state index in [1.165, 1.54) is 5.69 Å². The highest BCUT2D eigenvalue weighted by atomic mass is 15.1. The van der Waals surface area contributed by atoms with E-state index in [0.29, 0.717) is 0 Å². The fourth-order valence-corrected chi connectivity index (χ4v) is 1.77. The summed E-state index contributed by atoms with van der Waals surface area (Å²) in [5.41, 5.74) is 7.67. The molecule has 0 atom stereocenters. The molecule has 17 heavy (non-hydrogen) atoms. The van der Waals surface area contributed by atoms with Crippen LogP contribution < -0.4 is 10.6 Å². The molecule has 1 aromatic carbocycles. The fourth-order valence-electron chi connectivity index (χ4n) is 1.77. The van der Waals surface area contributed by atoms with Crippen molar-refractivity contribution in [2.75, 3.05) is 24.2 Å². The van der Waals surface area contributed by atoms with Gasteiger partial charge in [-0.05, 0) is 30.7 Å². The fraction of sp³-hybridized carbons (Fsp3) is 0.308. The van der Waals surface area contributed by atoms with Gasteiger partial charge in [0.1, 0.15) is 0 Å². The molecule has 1 aromatic heterocycles. The Bertz CT molecular complexity index is 433. The number of rotatable bonds is 5. The molecule has 0 amide bonds. The van der Waals surface area contributed by atoms with Gasteiger partial charge in [-0.2, -0.15) is 0 Å². The van der Waals surface area contributed by atoms with E-state index in [1.807, 2.05) is 43.0 Å². The van der Waals surface area contributed by atoms with Crippen molar-refractivity contribution in [3.8, 4) is 0 Å². The van der Waals surface area contributed by atoms with Crippen molar-refractivity contribution in [2.45, 2.75) is 13.0 Å². The van der Waals surface area contributed by atoms with Gasteiger partial charge in [0.05, 0.1) is 6.33 Å². The summed E-state index contributed by atoms with van der Waals surface area (Å²) in [6.45, 7) is 2.02. The molecule has 0 fully saturated rings. The third kappa shape index (κ3) is 3.24. The largest absolute Gasteiger partial charge is 0.399 e. The van der Waals surface area contributed by atoms with Crippen molar-refractivity contribution in [1.29, 1.82) is 0 Å². The van der Waals surface area contributed by atoms with Crippen molar-refractivity contribution in [1.82, 2.24) is 9.55 Å². The van der Waals surface area contributed by atoms with Crippen LogP contribution in [0.1, 0.15) is 6.42 Å². The van der Waals surface area contributed by atoms with Crippen molar-refractivity contribution in [3.05, 3.63) is 43.0 Å². The average molecular weight is 230 g/mol. The Labute approximate surface area is 102 Å². The van der Waals surface area contributed by atoms with Gasteiger partial charge < -0.3 is 15.2 Å². The van der Waals surface area contributed by atoms with Gasteiger partial charge in [-0.3, -0.25) is 0 Å². The molecule has 0 unspecified atom stereocenters. The summed E-state index contributed by atoms with van der Waals surface area (Å²) in [5, 5.41) is 0. The molecule has 0 radical (unpaired) electrons. The van der Waals surface area contributed by atoms with E-state index >= 15 is 0 Å². The van der Waals surface area contributed by atoms with E-state index in [-0.39, 0.29) is 0 Å². The highest BCUT2D eigenvalue weighted by Gasteiger charge is 2.00. The third-order valence-electron chi connectivity index (χ3n) is 2.80. The lowest BCUT2D eigenvalue weighted by Gasteiger charge is -2.19. The Morgan fingerprint density at radius 2 is 2.06 bits per heavy atom. The molecule has 4 heteroatoms. The molecule has 4 nitrogen and oxygen atoms in total. The maximum Gasteiger partial charge on any atom is 0.0945 e. The Balaban J connectivity index is 1.81. The topological polar surface area (TPSA) is 47.1 Å². The predicted octanol–water partition coefficient (Wildman–Crippen LogP) is 1.99. The maximum absolute atomic E-state index is 5.66. The number of aromatic nitrogens is 2. The first-order valence-corrected chi connectivity index (χ1v) is 5.78. The lowest BCUT2D eigenvalue weighted by molar-refractivity contribution is 0.638. The molecule has 0 aliphatic carbocycles. The third-order valence-corrected chi connectivity index (χ3v) is 2.80. The number of imidazole rings is 1. The summed E-state index contributed by atoms with van der Waals surface area (Å²) in [7, 11) is 2.10. The first kappa shape index (κ1) is 11.5. The van der Waals surface area contributed by atoms with E-state index in [4.69, 9.17) is 5.73 Å². The summed E-state index contributed by atoms with van der Waals surface area (Å²) >= 11 is 0. The first-order chi connectivity index (χ1) is 8.25. The standard InChI is InChI=1S/C13H18N4/c1-16(13-5-3-12(14)4-6-13)8-2-9-17-10-7-15-11-17/h3-7,10-11H,2,8-9,14H2,1H3. The molecule has 2 N–H and O–H groups in total. The van der Waals surface area contributed by atoms with E-state index in [2.05, 4.69) is 21.5 Å². The molecule has 0 bridgehead atoms. The minimum Gasteiger partial charge on any atom is -0.399 e. The Morgan fingerprint density at radius 1 is 1.29 bits per heavy atom. The highest BCUT2D eigenvalue weighted by Crippen LogP contribution is 2.14. The molecule has 2 rings (SSSR count). The van der Waals surface area contributed by atoms with E-state index < -0.39 is 0 Å². The van der Waals surface area contributed by atoms with Crippen molar-refractivity contribution in [3.63, 3.8) is 0 Å². The molecule has 0 saturated heterocycles. The molecule has 0 saturated carbocycles. The second kappa shape index (κ2) is 5.39. The van der Waals surface area contributed by atoms with Crippen LogP contribution >= 0.6 is 0 Å². The van der Waals surface area contributed by atoms with Crippen LogP contribution in [-0.2, 0) is 6.54 Å².